The van der Waals surface area contributed by atoms with Crippen LogP contribution >= 0.6 is 0 Å². The van der Waals surface area contributed by atoms with Crippen molar-refractivity contribution in [1.82, 2.24) is 15.0 Å². The number of nitrogen functional groups attached to an aromatic ring is 1. The number of carboxylic acid groups (broad SMARTS) is 1. The molecular weight excluding hydrogens is 172 g/mol. The molecule has 66 valence electrons. The molecule has 6 nitrogen and oxygen atoms in total. The van der Waals surface area contributed by atoms with Gasteiger partial charge >= 0.3 is 5.97 Å². The lowest BCUT2D eigenvalue weighted by atomic mass is 10.3. The lowest BCUT2D eigenvalue weighted by Gasteiger charge is -1.89. The largest absolute Gasteiger partial charge is 0.477 e. The maximum absolute atomic E-state index is 10.6. The van der Waals surface area contributed by atoms with E-state index in [1.54, 1.807) is 0 Å². The first-order chi connectivity index (χ1) is 6.20. The van der Waals surface area contributed by atoms with Gasteiger partial charge in [-0.1, -0.05) is 0 Å². The Hall–Kier alpha value is -2.11. The van der Waals surface area contributed by atoms with E-state index in [4.69, 9.17) is 10.8 Å². The number of aromatic carboxylic acids is 1. The second kappa shape index (κ2) is 2.44. The summed E-state index contributed by atoms with van der Waals surface area (Å²) in [6.45, 7) is 0. The first-order valence-corrected chi connectivity index (χ1v) is 3.51. The minimum absolute atomic E-state index is 0.0683. The normalized spacial score (nSPS) is 10.5. The molecule has 0 amide bonds. The molecule has 6 heteroatoms. The van der Waals surface area contributed by atoms with Crippen LogP contribution in [0.1, 0.15) is 10.5 Å². The molecule has 0 aliphatic heterocycles. The third kappa shape index (κ3) is 0.994. The van der Waals surface area contributed by atoms with Crippen molar-refractivity contribution >= 4 is 22.8 Å². The highest BCUT2D eigenvalue weighted by Crippen LogP contribution is 2.20. The topological polar surface area (TPSA) is 105 Å². The zero-order valence-electron chi connectivity index (χ0n) is 6.48. The van der Waals surface area contributed by atoms with Crippen LogP contribution in [0.4, 0.5) is 5.69 Å². The highest BCUT2D eigenvalue weighted by molar-refractivity contribution is 6.01. The van der Waals surface area contributed by atoms with Crippen molar-refractivity contribution in [2.45, 2.75) is 0 Å². The maximum Gasteiger partial charge on any atom is 0.354 e. The van der Waals surface area contributed by atoms with Crippen molar-refractivity contribution in [3.05, 3.63) is 18.1 Å². The molecule has 0 aromatic carbocycles. The molecule has 0 radical (unpaired) electrons. The van der Waals surface area contributed by atoms with Gasteiger partial charge in [-0.05, 0) is 0 Å². The number of aromatic nitrogens is 3. The van der Waals surface area contributed by atoms with E-state index in [1.807, 2.05) is 0 Å². The van der Waals surface area contributed by atoms with E-state index in [-0.39, 0.29) is 11.4 Å². The fourth-order valence-electron chi connectivity index (χ4n) is 1.10. The van der Waals surface area contributed by atoms with Gasteiger partial charge in [-0.25, -0.2) is 14.8 Å². The Bertz CT molecular complexity index is 476. The van der Waals surface area contributed by atoms with Crippen LogP contribution in [-0.2, 0) is 0 Å². The van der Waals surface area contributed by atoms with Crippen molar-refractivity contribution < 1.29 is 9.90 Å². The predicted molar refractivity (Wildman–Crippen MR) is 45.3 cm³/mol. The summed E-state index contributed by atoms with van der Waals surface area (Å²) in [5, 5.41) is 8.70. The molecule has 0 saturated heterocycles. The van der Waals surface area contributed by atoms with E-state index < -0.39 is 5.97 Å². The van der Waals surface area contributed by atoms with Crippen LogP contribution in [0.2, 0.25) is 0 Å². The molecule has 0 bridgehead atoms. The summed E-state index contributed by atoms with van der Waals surface area (Å²) >= 11 is 0. The first kappa shape index (κ1) is 7.53. The van der Waals surface area contributed by atoms with Gasteiger partial charge in [0.2, 0.25) is 0 Å². The molecule has 2 heterocycles. The van der Waals surface area contributed by atoms with Crippen molar-refractivity contribution in [3.8, 4) is 0 Å². The zero-order valence-corrected chi connectivity index (χ0v) is 6.48. The van der Waals surface area contributed by atoms with Gasteiger partial charge < -0.3 is 15.8 Å². The number of hydrogen-bond donors (Lipinski definition) is 3. The van der Waals surface area contributed by atoms with Crippen LogP contribution in [0.15, 0.2) is 12.4 Å². The van der Waals surface area contributed by atoms with E-state index in [9.17, 15) is 4.79 Å². The van der Waals surface area contributed by atoms with E-state index in [0.29, 0.717) is 11.2 Å². The molecular formula is C7H6N4O2. The van der Waals surface area contributed by atoms with E-state index in [0.717, 1.165) is 0 Å². The number of nitrogens with zero attached hydrogens (tertiary/aromatic N) is 2. The summed E-state index contributed by atoms with van der Waals surface area (Å²) < 4.78 is 0. The summed E-state index contributed by atoms with van der Waals surface area (Å²) in [7, 11) is 0. The smallest absolute Gasteiger partial charge is 0.354 e. The van der Waals surface area contributed by atoms with Crippen LogP contribution < -0.4 is 5.73 Å². The maximum atomic E-state index is 10.6. The SMILES string of the molecule is Nc1c(C(=O)O)[nH]c2nccnc12. The molecule has 0 atom stereocenters. The average molecular weight is 178 g/mol. The minimum atomic E-state index is -1.11. The number of anilines is 1. The van der Waals surface area contributed by atoms with E-state index in [1.165, 1.54) is 12.4 Å². The van der Waals surface area contributed by atoms with E-state index >= 15 is 0 Å². The first-order valence-electron chi connectivity index (χ1n) is 3.51. The lowest BCUT2D eigenvalue weighted by Crippen LogP contribution is -2.00. The van der Waals surface area contributed by atoms with Crippen molar-refractivity contribution in [2.24, 2.45) is 0 Å². The number of fused-ring (bicyclic) bond motifs is 1. The van der Waals surface area contributed by atoms with Gasteiger partial charge in [0.25, 0.3) is 0 Å². The number of hydrogen-bond acceptors (Lipinski definition) is 4. The Morgan fingerprint density at radius 2 is 2.15 bits per heavy atom. The second-order valence-electron chi connectivity index (χ2n) is 2.47. The molecule has 2 rings (SSSR count). The van der Waals surface area contributed by atoms with Crippen LogP contribution in [0.3, 0.4) is 0 Å². The molecule has 2 aromatic rings. The van der Waals surface area contributed by atoms with Crippen molar-refractivity contribution in [1.29, 1.82) is 0 Å². The molecule has 0 fully saturated rings. The third-order valence-electron chi connectivity index (χ3n) is 1.68. The summed E-state index contributed by atoms with van der Waals surface area (Å²) in [6.07, 6.45) is 2.92. The summed E-state index contributed by atoms with van der Waals surface area (Å²) in [6, 6.07) is 0. The van der Waals surface area contributed by atoms with Crippen LogP contribution in [-0.4, -0.2) is 26.0 Å². The number of carboxylic acids is 1. The fourth-order valence-corrected chi connectivity index (χ4v) is 1.10. The second-order valence-corrected chi connectivity index (χ2v) is 2.47. The molecule has 0 spiro atoms. The number of aromatic amines is 1. The van der Waals surface area contributed by atoms with Crippen LogP contribution in [0, 0.1) is 0 Å². The Morgan fingerprint density at radius 1 is 1.46 bits per heavy atom. The zero-order chi connectivity index (χ0) is 9.42. The van der Waals surface area contributed by atoms with Gasteiger partial charge in [0.15, 0.2) is 11.3 Å². The van der Waals surface area contributed by atoms with Gasteiger partial charge in [-0.2, -0.15) is 0 Å². The van der Waals surface area contributed by atoms with Gasteiger partial charge in [0.1, 0.15) is 5.52 Å². The molecule has 13 heavy (non-hydrogen) atoms. The lowest BCUT2D eigenvalue weighted by molar-refractivity contribution is 0.0692. The monoisotopic (exact) mass is 178 g/mol. The number of carbonyl (C=O) groups is 1. The van der Waals surface area contributed by atoms with Crippen molar-refractivity contribution in [2.75, 3.05) is 5.73 Å². The van der Waals surface area contributed by atoms with Gasteiger partial charge in [0.05, 0.1) is 5.69 Å². The number of nitrogens with two attached hydrogens (primary N) is 1. The van der Waals surface area contributed by atoms with E-state index in [2.05, 4.69) is 15.0 Å². The fraction of sp³-hybridized carbons (Fsp3) is 0. The molecule has 0 aliphatic rings. The number of H-pyrrole nitrogens is 1. The highest BCUT2D eigenvalue weighted by atomic mass is 16.4. The third-order valence-corrected chi connectivity index (χ3v) is 1.68. The standard InChI is InChI=1S/C7H6N4O2/c8-3-4-6(10-2-1-9-4)11-5(3)7(12)13/h1-2H,8H2,(H,10,11)(H,12,13). The van der Waals surface area contributed by atoms with Crippen LogP contribution in [0.25, 0.3) is 11.2 Å². The van der Waals surface area contributed by atoms with Gasteiger partial charge in [-0.15, -0.1) is 0 Å². The number of rotatable bonds is 1. The summed E-state index contributed by atoms with van der Waals surface area (Å²) in [5.41, 5.74) is 6.35. The Kier molecular flexibility index (Phi) is 1.42. The Labute approximate surface area is 72.4 Å². The predicted octanol–water partition coefficient (Wildman–Crippen LogP) is 0.238. The van der Waals surface area contributed by atoms with Crippen LogP contribution in [0.5, 0.6) is 0 Å². The summed E-state index contributed by atoms with van der Waals surface area (Å²) in [5.74, 6) is -1.11. The average Bonchev–Trinajstić information content (AvgIpc) is 2.45. The van der Waals surface area contributed by atoms with Crippen molar-refractivity contribution in [3.63, 3.8) is 0 Å². The van der Waals surface area contributed by atoms with Gasteiger partial charge in [0, 0.05) is 12.4 Å². The molecule has 4 N–H and O–H groups in total. The molecule has 2 aromatic heterocycles. The molecule has 0 aliphatic carbocycles. The molecule has 0 saturated carbocycles. The quantitative estimate of drug-likeness (QED) is 0.580. The number of nitrogens with one attached hydrogen (secondary N) is 1. The minimum Gasteiger partial charge on any atom is -0.477 e. The highest BCUT2D eigenvalue weighted by Gasteiger charge is 2.15. The Morgan fingerprint density at radius 3 is 2.77 bits per heavy atom. The van der Waals surface area contributed by atoms with Gasteiger partial charge in [-0.3, -0.25) is 0 Å². The molecule has 0 unspecified atom stereocenters. The Balaban J connectivity index is 2.81. The summed E-state index contributed by atoms with van der Waals surface area (Å²) in [4.78, 5) is 21.0.